The van der Waals surface area contributed by atoms with Crippen molar-refractivity contribution in [3.05, 3.63) is 66.7 Å². The Balaban J connectivity index is 1.57. The van der Waals surface area contributed by atoms with Crippen LogP contribution in [-0.4, -0.2) is 27.6 Å². The van der Waals surface area contributed by atoms with E-state index < -0.39 is 10.0 Å². The van der Waals surface area contributed by atoms with Gasteiger partial charge in [-0.05, 0) is 54.6 Å². The molecule has 1 heterocycles. The van der Waals surface area contributed by atoms with Crippen molar-refractivity contribution in [1.82, 2.24) is 4.98 Å². The van der Waals surface area contributed by atoms with Gasteiger partial charge in [0.25, 0.3) is 10.0 Å². The SMILES string of the molecule is COc1cccc(S(=O)(=O)Nc2ccc(-c3nc4ccc(OC)cc4s3)cc2)c1. The van der Waals surface area contributed by atoms with E-state index in [9.17, 15) is 8.42 Å². The van der Waals surface area contributed by atoms with Crippen molar-refractivity contribution < 1.29 is 17.9 Å². The summed E-state index contributed by atoms with van der Waals surface area (Å²) in [7, 11) is -0.579. The van der Waals surface area contributed by atoms with Crippen LogP contribution in [0.3, 0.4) is 0 Å². The number of hydrogen-bond donors (Lipinski definition) is 1. The standard InChI is InChI=1S/C21H18N2O4S2/c1-26-16-4-3-5-18(12-16)29(24,25)23-15-8-6-14(7-9-15)21-22-19-11-10-17(27-2)13-20(19)28-21/h3-13,23H,1-2H3. The highest BCUT2D eigenvalue weighted by Crippen LogP contribution is 2.33. The van der Waals surface area contributed by atoms with Crippen LogP contribution in [0.5, 0.6) is 11.5 Å². The van der Waals surface area contributed by atoms with Crippen molar-refractivity contribution in [3.8, 4) is 22.1 Å². The summed E-state index contributed by atoms with van der Waals surface area (Å²) < 4.78 is 39.2. The first-order valence-corrected chi connectivity index (χ1v) is 11.0. The largest absolute Gasteiger partial charge is 0.497 e. The Hall–Kier alpha value is -3.10. The summed E-state index contributed by atoms with van der Waals surface area (Å²) >= 11 is 1.56. The van der Waals surface area contributed by atoms with Crippen molar-refractivity contribution in [2.45, 2.75) is 4.90 Å². The van der Waals surface area contributed by atoms with E-state index >= 15 is 0 Å². The summed E-state index contributed by atoms with van der Waals surface area (Å²) in [5.74, 6) is 1.27. The van der Waals surface area contributed by atoms with Gasteiger partial charge in [0.05, 0.1) is 29.3 Å². The van der Waals surface area contributed by atoms with Crippen LogP contribution < -0.4 is 14.2 Å². The topological polar surface area (TPSA) is 77.5 Å². The number of hydrogen-bond acceptors (Lipinski definition) is 6. The molecule has 0 aliphatic carbocycles. The molecule has 0 saturated heterocycles. The Morgan fingerprint density at radius 1 is 0.897 bits per heavy atom. The van der Waals surface area contributed by atoms with Crippen LogP contribution in [0.1, 0.15) is 0 Å². The number of sulfonamides is 1. The molecule has 1 aromatic heterocycles. The molecule has 3 aromatic carbocycles. The maximum Gasteiger partial charge on any atom is 0.262 e. The molecule has 0 saturated carbocycles. The molecule has 0 aliphatic heterocycles. The molecule has 0 amide bonds. The van der Waals surface area contributed by atoms with E-state index in [4.69, 9.17) is 9.47 Å². The van der Waals surface area contributed by atoms with Gasteiger partial charge in [0, 0.05) is 17.3 Å². The molecule has 6 nitrogen and oxygen atoms in total. The van der Waals surface area contributed by atoms with Crippen molar-refractivity contribution in [1.29, 1.82) is 0 Å². The van der Waals surface area contributed by atoms with E-state index in [2.05, 4.69) is 9.71 Å². The number of nitrogens with zero attached hydrogens (tertiary/aromatic N) is 1. The maximum absolute atomic E-state index is 12.6. The van der Waals surface area contributed by atoms with Gasteiger partial charge in [0.2, 0.25) is 0 Å². The normalized spacial score (nSPS) is 11.4. The average molecular weight is 427 g/mol. The van der Waals surface area contributed by atoms with Crippen LogP contribution in [0, 0.1) is 0 Å². The third-order valence-electron chi connectivity index (χ3n) is 4.33. The highest BCUT2D eigenvalue weighted by atomic mass is 32.2. The Bertz CT molecular complexity index is 1270. The molecule has 0 fully saturated rings. The zero-order valence-corrected chi connectivity index (χ0v) is 17.4. The van der Waals surface area contributed by atoms with Crippen molar-refractivity contribution in [2.75, 3.05) is 18.9 Å². The zero-order chi connectivity index (χ0) is 20.4. The molecule has 29 heavy (non-hydrogen) atoms. The van der Waals surface area contributed by atoms with Crippen LogP contribution in [-0.2, 0) is 10.0 Å². The fourth-order valence-electron chi connectivity index (χ4n) is 2.82. The average Bonchev–Trinajstić information content (AvgIpc) is 3.17. The van der Waals surface area contributed by atoms with Crippen molar-refractivity contribution in [2.24, 2.45) is 0 Å². The van der Waals surface area contributed by atoms with Gasteiger partial charge in [-0.25, -0.2) is 13.4 Å². The van der Waals surface area contributed by atoms with Crippen LogP contribution in [0.25, 0.3) is 20.8 Å². The van der Waals surface area contributed by atoms with E-state index in [0.717, 1.165) is 26.5 Å². The lowest BCUT2D eigenvalue weighted by Gasteiger charge is -2.09. The zero-order valence-electron chi connectivity index (χ0n) is 15.7. The summed E-state index contributed by atoms with van der Waals surface area (Å²) in [5.41, 5.74) is 2.28. The molecule has 0 radical (unpaired) electrons. The van der Waals surface area contributed by atoms with E-state index in [1.165, 1.54) is 19.2 Å². The van der Waals surface area contributed by atoms with Gasteiger partial charge in [-0.15, -0.1) is 11.3 Å². The Morgan fingerprint density at radius 2 is 1.62 bits per heavy atom. The molecular formula is C21H18N2O4S2. The Labute approximate surface area is 172 Å². The quantitative estimate of drug-likeness (QED) is 0.480. The minimum atomic E-state index is -3.71. The van der Waals surface area contributed by atoms with Crippen molar-refractivity contribution in [3.63, 3.8) is 0 Å². The van der Waals surface area contributed by atoms with Crippen LogP contribution in [0.15, 0.2) is 71.6 Å². The highest BCUT2D eigenvalue weighted by molar-refractivity contribution is 7.92. The summed E-state index contributed by atoms with van der Waals surface area (Å²) in [6, 6.07) is 19.2. The first-order valence-electron chi connectivity index (χ1n) is 8.70. The second-order valence-electron chi connectivity index (χ2n) is 6.21. The maximum atomic E-state index is 12.6. The number of thiazole rings is 1. The Kier molecular flexibility index (Phi) is 5.12. The lowest BCUT2D eigenvalue weighted by molar-refractivity contribution is 0.413. The molecule has 148 valence electrons. The molecule has 4 rings (SSSR count). The number of nitrogens with one attached hydrogen (secondary N) is 1. The van der Waals surface area contributed by atoms with Gasteiger partial charge >= 0.3 is 0 Å². The number of methoxy groups -OCH3 is 2. The molecule has 1 N–H and O–H groups in total. The third-order valence-corrected chi connectivity index (χ3v) is 6.78. The molecule has 0 unspecified atom stereocenters. The third kappa shape index (κ3) is 4.03. The molecule has 0 atom stereocenters. The van der Waals surface area contributed by atoms with E-state index in [1.807, 2.05) is 30.3 Å². The van der Waals surface area contributed by atoms with Gasteiger partial charge in [0.1, 0.15) is 16.5 Å². The molecule has 4 aromatic rings. The molecule has 0 spiro atoms. The predicted octanol–water partition coefficient (Wildman–Crippen LogP) is 4.78. The molecule has 8 heteroatoms. The van der Waals surface area contributed by atoms with Crippen LogP contribution in [0.2, 0.25) is 0 Å². The minimum absolute atomic E-state index is 0.140. The Morgan fingerprint density at radius 3 is 2.34 bits per heavy atom. The summed E-state index contributed by atoms with van der Waals surface area (Å²) in [6.45, 7) is 0. The molecule has 0 aliphatic rings. The first-order chi connectivity index (χ1) is 14.0. The van der Waals surface area contributed by atoms with E-state index in [-0.39, 0.29) is 4.90 Å². The molecule has 0 bridgehead atoms. The second-order valence-corrected chi connectivity index (χ2v) is 8.93. The predicted molar refractivity (Wildman–Crippen MR) is 115 cm³/mol. The van der Waals surface area contributed by atoms with Gasteiger partial charge in [-0.1, -0.05) is 6.07 Å². The lowest BCUT2D eigenvalue weighted by Crippen LogP contribution is -2.12. The number of rotatable bonds is 6. The first kappa shape index (κ1) is 19.2. The van der Waals surface area contributed by atoms with Gasteiger partial charge in [-0.2, -0.15) is 0 Å². The second kappa shape index (κ2) is 7.73. The van der Waals surface area contributed by atoms with Gasteiger partial charge in [-0.3, -0.25) is 4.72 Å². The van der Waals surface area contributed by atoms with Crippen LogP contribution in [0.4, 0.5) is 5.69 Å². The van der Waals surface area contributed by atoms with Gasteiger partial charge < -0.3 is 9.47 Å². The minimum Gasteiger partial charge on any atom is -0.497 e. The number of anilines is 1. The number of aromatic nitrogens is 1. The monoisotopic (exact) mass is 426 g/mol. The summed E-state index contributed by atoms with van der Waals surface area (Å²) in [4.78, 5) is 4.78. The lowest BCUT2D eigenvalue weighted by atomic mass is 10.2. The highest BCUT2D eigenvalue weighted by Gasteiger charge is 2.15. The molecular weight excluding hydrogens is 408 g/mol. The van der Waals surface area contributed by atoms with Gasteiger partial charge in [0.15, 0.2) is 0 Å². The fourth-order valence-corrected chi connectivity index (χ4v) is 4.91. The smallest absolute Gasteiger partial charge is 0.262 e. The number of benzene rings is 3. The fraction of sp³-hybridized carbons (Fsp3) is 0.0952. The van der Waals surface area contributed by atoms with Crippen LogP contribution >= 0.6 is 11.3 Å². The number of ether oxygens (including phenoxy) is 2. The number of fused-ring (bicyclic) bond motifs is 1. The van der Waals surface area contributed by atoms with E-state index in [1.54, 1.807) is 42.7 Å². The summed E-state index contributed by atoms with van der Waals surface area (Å²) in [5, 5.41) is 0.857. The van der Waals surface area contributed by atoms with E-state index in [0.29, 0.717) is 11.4 Å². The van der Waals surface area contributed by atoms with Crippen molar-refractivity contribution >= 4 is 37.3 Å². The summed E-state index contributed by atoms with van der Waals surface area (Å²) in [6.07, 6.45) is 0.